The van der Waals surface area contributed by atoms with Gasteiger partial charge < -0.3 is 19.2 Å². The predicted molar refractivity (Wildman–Crippen MR) is 94.3 cm³/mol. The van der Waals surface area contributed by atoms with Gasteiger partial charge in [0.2, 0.25) is 0 Å². The summed E-state index contributed by atoms with van der Waals surface area (Å²) < 4.78 is 16.2. The Balaban J connectivity index is 2.11. The van der Waals surface area contributed by atoms with E-state index in [1.165, 1.54) is 0 Å². The van der Waals surface area contributed by atoms with Crippen LogP contribution in [0.15, 0.2) is 28.7 Å². The minimum absolute atomic E-state index is 0.0862. The van der Waals surface area contributed by atoms with E-state index in [2.05, 4.69) is 5.32 Å². The largest absolute Gasteiger partial charge is 0.460 e. The van der Waals surface area contributed by atoms with Crippen LogP contribution in [0.25, 0.3) is 11.0 Å². The van der Waals surface area contributed by atoms with Gasteiger partial charge in [-0.1, -0.05) is 18.2 Å². The highest BCUT2D eigenvalue weighted by atomic mass is 16.6. The number of rotatable bonds is 6. The highest BCUT2D eigenvalue weighted by Gasteiger charge is 2.23. The second kappa shape index (κ2) is 7.70. The third-order valence-corrected chi connectivity index (χ3v) is 3.46. The molecule has 0 aliphatic rings. The number of esters is 1. The number of furan rings is 1. The maximum atomic E-state index is 12.6. The zero-order valence-electron chi connectivity index (χ0n) is 15.3. The number of para-hydroxylation sites is 1. The lowest BCUT2D eigenvalue weighted by Gasteiger charge is -2.21. The van der Waals surface area contributed by atoms with Gasteiger partial charge in [0.05, 0.1) is 13.0 Å². The average molecular weight is 347 g/mol. The standard InChI is InChI=1S/C19H25NO5/c1-12(10-16(21)25-19(2,3)4)20-18(22)17-14(11-23-5)13-8-6-7-9-15(13)24-17/h6-9,12H,10-11H2,1-5H3,(H,20,22). The minimum Gasteiger partial charge on any atom is -0.460 e. The molecule has 6 nitrogen and oxygen atoms in total. The predicted octanol–water partition coefficient (Wildman–Crippen LogP) is 3.43. The van der Waals surface area contributed by atoms with Crippen molar-refractivity contribution < 1.29 is 23.5 Å². The second-order valence-electron chi connectivity index (χ2n) is 7.00. The van der Waals surface area contributed by atoms with Gasteiger partial charge in [0.15, 0.2) is 5.76 Å². The fourth-order valence-corrected chi connectivity index (χ4v) is 2.54. The summed E-state index contributed by atoms with van der Waals surface area (Å²) in [4.78, 5) is 24.5. The molecule has 0 fully saturated rings. The van der Waals surface area contributed by atoms with E-state index in [4.69, 9.17) is 13.9 Å². The molecule has 0 saturated heterocycles. The van der Waals surface area contributed by atoms with Crippen LogP contribution in [0.2, 0.25) is 0 Å². The Hall–Kier alpha value is -2.34. The highest BCUT2D eigenvalue weighted by molar-refractivity contribution is 5.99. The average Bonchev–Trinajstić information content (AvgIpc) is 2.84. The minimum atomic E-state index is -0.550. The van der Waals surface area contributed by atoms with Gasteiger partial charge >= 0.3 is 5.97 Å². The number of ether oxygens (including phenoxy) is 2. The van der Waals surface area contributed by atoms with Crippen molar-refractivity contribution in [2.24, 2.45) is 0 Å². The van der Waals surface area contributed by atoms with Crippen LogP contribution in [0.1, 0.15) is 50.2 Å². The molecular weight excluding hydrogens is 322 g/mol. The SMILES string of the molecule is COCc1c(C(=O)NC(C)CC(=O)OC(C)(C)C)oc2ccccc12. The molecule has 1 aromatic heterocycles. The van der Waals surface area contributed by atoms with Crippen LogP contribution in [0.3, 0.4) is 0 Å². The molecule has 1 N–H and O–H groups in total. The van der Waals surface area contributed by atoms with E-state index in [0.717, 1.165) is 5.39 Å². The van der Waals surface area contributed by atoms with Gasteiger partial charge in [-0.2, -0.15) is 0 Å². The van der Waals surface area contributed by atoms with E-state index < -0.39 is 5.60 Å². The summed E-state index contributed by atoms with van der Waals surface area (Å²) in [5.74, 6) is -0.527. The summed E-state index contributed by atoms with van der Waals surface area (Å²) in [6.45, 7) is 7.43. The number of fused-ring (bicyclic) bond motifs is 1. The number of hydrogen-bond acceptors (Lipinski definition) is 5. The van der Waals surface area contributed by atoms with Gasteiger partial charge in [-0.25, -0.2) is 0 Å². The summed E-state index contributed by atoms with van der Waals surface area (Å²) in [6.07, 6.45) is 0.0862. The summed E-state index contributed by atoms with van der Waals surface area (Å²) >= 11 is 0. The number of carbonyl (C=O) groups excluding carboxylic acids is 2. The van der Waals surface area contributed by atoms with Gasteiger partial charge in [-0.3, -0.25) is 9.59 Å². The molecule has 2 aromatic rings. The van der Waals surface area contributed by atoms with E-state index >= 15 is 0 Å². The van der Waals surface area contributed by atoms with Crippen LogP contribution in [0.5, 0.6) is 0 Å². The van der Waals surface area contributed by atoms with Crippen LogP contribution in [-0.2, 0) is 20.9 Å². The number of hydrogen-bond donors (Lipinski definition) is 1. The van der Waals surface area contributed by atoms with Crippen molar-refractivity contribution >= 4 is 22.8 Å². The number of methoxy groups -OCH3 is 1. The van der Waals surface area contributed by atoms with Crippen LogP contribution >= 0.6 is 0 Å². The van der Waals surface area contributed by atoms with Crippen LogP contribution in [0, 0.1) is 0 Å². The summed E-state index contributed by atoms with van der Waals surface area (Å²) in [7, 11) is 1.56. The number of benzene rings is 1. The summed E-state index contributed by atoms with van der Waals surface area (Å²) in [5.41, 5.74) is 0.769. The molecule has 25 heavy (non-hydrogen) atoms. The number of nitrogens with one attached hydrogen (secondary N) is 1. The molecule has 1 atom stereocenters. The molecule has 1 aromatic carbocycles. The second-order valence-corrected chi connectivity index (χ2v) is 7.00. The summed E-state index contributed by atoms with van der Waals surface area (Å²) in [6, 6.07) is 7.02. The zero-order chi connectivity index (χ0) is 18.6. The smallest absolute Gasteiger partial charge is 0.308 e. The van der Waals surface area contributed by atoms with Crippen molar-refractivity contribution in [2.45, 2.75) is 52.4 Å². The van der Waals surface area contributed by atoms with Gasteiger partial charge in [0, 0.05) is 24.1 Å². The van der Waals surface area contributed by atoms with Crippen molar-refractivity contribution in [3.8, 4) is 0 Å². The molecule has 0 radical (unpaired) electrons. The number of carbonyl (C=O) groups is 2. The molecule has 0 saturated carbocycles. The molecular formula is C19H25NO5. The van der Waals surface area contributed by atoms with Crippen molar-refractivity contribution in [3.63, 3.8) is 0 Å². The van der Waals surface area contributed by atoms with E-state index in [0.29, 0.717) is 11.1 Å². The summed E-state index contributed by atoms with van der Waals surface area (Å²) in [5, 5.41) is 3.63. The first-order valence-corrected chi connectivity index (χ1v) is 8.23. The van der Waals surface area contributed by atoms with Gasteiger partial charge in [0.1, 0.15) is 11.2 Å². The van der Waals surface area contributed by atoms with Crippen LogP contribution in [0.4, 0.5) is 0 Å². The Bertz CT molecular complexity index is 757. The Morgan fingerprint density at radius 2 is 1.92 bits per heavy atom. The van der Waals surface area contributed by atoms with Gasteiger partial charge in [-0.15, -0.1) is 0 Å². The Labute approximate surface area is 147 Å². The molecule has 0 aliphatic heterocycles. The molecule has 0 bridgehead atoms. The van der Waals surface area contributed by atoms with Crippen molar-refractivity contribution in [1.29, 1.82) is 0 Å². The van der Waals surface area contributed by atoms with E-state index in [1.54, 1.807) is 40.9 Å². The molecule has 0 spiro atoms. The first kappa shape index (κ1) is 19.0. The lowest BCUT2D eigenvalue weighted by molar-refractivity contribution is -0.155. The molecule has 2 rings (SSSR count). The highest BCUT2D eigenvalue weighted by Crippen LogP contribution is 2.26. The van der Waals surface area contributed by atoms with Gasteiger partial charge in [0.25, 0.3) is 5.91 Å². The maximum Gasteiger partial charge on any atom is 0.308 e. The molecule has 1 amide bonds. The molecule has 0 aliphatic carbocycles. The third-order valence-electron chi connectivity index (χ3n) is 3.46. The third kappa shape index (κ3) is 5.06. The van der Waals surface area contributed by atoms with Crippen molar-refractivity contribution in [3.05, 3.63) is 35.6 Å². The molecule has 1 heterocycles. The fourth-order valence-electron chi connectivity index (χ4n) is 2.54. The zero-order valence-corrected chi connectivity index (χ0v) is 15.3. The monoisotopic (exact) mass is 347 g/mol. The topological polar surface area (TPSA) is 77.8 Å². The fraction of sp³-hybridized carbons (Fsp3) is 0.474. The van der Waals surface area contributed by atoms with Crippen LogP contribution < -0.4 is 5.32 Å². The first-order chi connectivity index (χ1) is 11.7. The molecule has 6 heteroatoms. The van der Waals surface area contributed by atoms with E-state index in [-0.39, 0.29) is 36.7 Å². The van der Waals surface area contributed by atoms with E-state index in [9.17, 15) is 9.59 Å². The quantitative estimate of drug-likeness (QED) is 0.810. The Morgan fingerprint density at radius 3 is 2.56 bits per heavy atom. The number of amides is 1. The maximum absolute atomic E-state index is 12.6. The van der Waals surface area contributed by atoms with Gasteiger partial charge in [-0.05, 0) is 33.8 Å². The van der Waals surface area contributed by atoms with E-state index in [1.807, 2.05) is 18.2 Å². The first-order valence-electron chi connectivity index (χ1n) is 8.23. The molecule has 136 valence electrons. The van der Waals surface area contributed by atoms with Crippen molar-refractivity contribution in [1.82, 2.24) is 5.32 Å². The Morgan fingerprint density at radius 1 is 1.24 bits per heavy atom. The Kier molecular flexibility index (Phi) is 5.85. The lowest BCUT2D eigenvalue weighted by atomic mass is 10.1. The van der Waals surface area contributed by atoms with Crippen molar-refractivity contribution in [2.75, 3.05) is 7.11 Å². The van der Waals surface area contributed by atoms with Crippen LogP contribution in [-0.4, -0.2) is 30.6 Å². The lowest BCUT2D eigenvalue weighted by Crippen LogP contribution is -2.36. The normalized spacial score (nSPS) is 12.8. The molecule has 1 unspecified atom stereocenters.